The number of rotatable bonds is 3. The molecule has 2 atom stereocenters. The number of ether oxygens (including phenoxy) is 1. The summed E-state index contributed by atoms with van der Waals surface area (Å²) in [6, 6.07) is 11.8. The van der Waals surface area contributed by atoms with Crippen LogP contribution in [0.15, 0.2) is 47.4 Å². The van der Waals surface area contributed by atoms with Crippen LogP contribution in [0.25, 0.3) is 6.08 Å². The second kappa shape index (κ2) is 6.67. The minimum absolute atomic E-state index is 0.0391. The van der Waals surface area contributed by atoms with E-state index in [0.29, 0.717) is 0 Å². The molecule has 0 amide bonds. The molecule has 1 aliphatic carbocycles. The van der Waals surface area contributed by atoms with Crippen LogP contribution in [0, 0.1) is 0 Å². The second-order valence-electron chi connectivity index (χ2n) is 5.34. The summed E-state index contributed by atoms with van der Waals surface area (Å²) in [5, 5.41) is 1.55. The Kier molecular flexibility index (Phi) is 4.65. The van der Waals surface area contributed by atoms with Gasteiger partial charge in [-0.2, -0.15) is 0 Å². The van der Waals surface area contributed by atoms with Gasteiger partial charge in [-0.05, 0) is 42.0 Å². The van der Waals surface area contributed by atoms with Crippen LogP contribution in [0.3, 0.4) is 0 Å². The maximum absolute atomic E-state index is 12.6. The fraction of sp³-hybridized carbons (Fsp3) is 0.278. The van der Waals surface area contributed by atoms with Crippen LogP contribution in [-0.2, 0) is 4.79 Å². The molecule has 1 fully saturated rings. The van der Waals surface area contributed by atoms with E-state index in [4.69, 9.17) is 16.3 Å². The van der Waals surface area contributed by atoms with E-state index in [0.717, 1.165) is 29.7 Å². The van der Waals surface area contributed by atoms with Gasteiger partial charge in [0, 0.05) is 16.4 Å². The van der Waals surface area contributed by atoms with Crippen LogP contribution in [0.2, 0.25) is 0 Å². The average molecular weight is 333 g/mol. The van der Waals surface area contributed by atoms with Crippen molar-refractivity contribution in [2.75, 3.05) is 7.11 Å². The van der Waals surface area contributed by atoms with Crippen LogP contribution in [0.4, 0.5) is 0 Å². The van der Waals surface area contributed by atoms with Gasteiger partial charge in [0.25, 0.3) is 0 Å². The number of Topliss-reactive ketones (excluding diaryl/α,β-unsaturated/α-hetero) is 1. The van der Waals surface area contributed by atoms with Gasteiger partial charge in [-0.15, -0.1) is 22.9 Å². The van der Waals surface area contributed by atoms with E-state index >= 15 is 0 Å². The second-order valence-corrected chi connectivity index (χ2v) is 6.79. The van der Waals surface area contributed by atoms with Crippen LogP contribution < -0.4 is 4.74 Å². The number of alkyl halides is 1. The first-order chi connectivity index (χ1) is 10.7. The van der Waals surface area contributed by atoms with Gasteiger partial charge in [0.05, 0.1) is 7.11 Å². The van der Waals surface area contributed by atoms with E-state index in [9.17, 15) is 4.79 Å². The molecule has 2 aromatic rings. The van der Waals surface area contributed by atoms with Crippen molar-refractivity contribution in [3.8, 4) is 5.75 Å². The molecule has 2 unspecified atom stereocenters. The number of allylic oxidation sites excluding steroid dienone is 1. The van der Waals surface area contributed by atoms with Crippen molar-refractivity contribution in [2.45, 2.75) is 24.1 Å². The molecule has 0 N–H and O–H groups in total. The van der Waals surface area contributed by atoms with E-state index in [1.807, 2.05) is 41.8 Å². The Labute approximate surface area is 139 Å². The van der Waals surface area contributed by atoms with Crippen LogP contribution in [-0.4, -0.2) is 18.3 Å². The van der Waals surface area contributed by atoms with Gasteiger partial charge in [0.2, 0.25) is 0 Å². The van der Waals surface area contributed by atoms with Gasteiger partial charge in [-0.3, -0.25) is 4.79 Å². The summed E-state index contributed by atoms with van der Waals surface area (Å²) in [5.74, 6) is 0.940. The third kappa shape index (κ3) is 2.96. The molecule has 3 rings (SSSR count). The molecule has 114 valence electrons. The number of thiophene rings is 1. The number of carbonyl (C=O) groups is 1. The van der Waals surface area contributed by atoms with Gasteiger partial charge in [-0.25, -0.2) is 0 Å². The highest BCUT2D eigenvalue weighted by Crippen LogP contribution is 2.39. The number of carbonyl (C=O) groups excluding carboxylic acids is 1. The Morgan fingerprint density at radius 1 is 1.27 bits per heavy atom. The minimum atomic E-state index is -0.478. The van der Waals surface area contributed by atoms with Crippen molar-refractivity contribution in [2.24, 2.45) is 0 Å². The standard InChI is InChI=1S/C18H17ClO2S/c1-21-15-6-3-2-5-12(15)11-13-8-9-14(17(19)18(13)20)16-7-4-10-22-16/h2-7,10-11,14,17H,8-9H2,1H3. The Hall–Kier alpha value is -1.58. The predicted octanol–water partition coefficient (Wildman–Crippen LogP) is 4.89. The van der Waals surface area contributed by atoms with E-state index in [1.54, 1.807) is 18.4 Å². The van der Waals surface area contributed by atoms with Crippen LogP contribution in [0.1, 0.15) is 29.2 Å². The quantitative estimate of drug-likeness (QED) is 0.590. The third-order valence-corrected chi connectivity index (χ3v) is 5.53. The van der Waals surface area contributed by atoms with Crippen molar-refractivity contribution >= 4 is 34.8 Å². The van der Waals surface area contributed by atoms with Crippen molar-refractivity contribution in [1.29, 1.82) is 0 Å². The molecule has 1 aromatic heterocycles. The average Bonchev–Trinajstić information content (AvgIpc) is 3.06. The van der Waals surface area contributed by atoms with Gasteiger partial charge < -0.3 is 4.74 Å². The summed E-state index contributed by atoms with van der Waals surface area (Å²) in [7, 11) is 1.64. The molecule has 1 saturated carbocycles. The van der Waals surface area contributed by atoms with Crippen molar-refractivity contribution in [3.05, 3.63) is 57.8 Å². The highest BCUT2D eigenvalue weighted by atomic mass is 35.5. The molecule has 0 bridgehead atoms. The number of ketones is 1. The first-order valence-corrected chi connectivity index (χ1v) is 8.57. The molecular formula is C18H17ClO2S. The Bertz CT molecular complexity index is 691. The summed E-state index contributed by atoms with van der Waals surface area (Å²) in [6.45, 7) is 0. The molecule has 1 heterocycles. The molecule has 4 heteroatoms. The van der Waals surface area contributed by atoms with E-state index < -0.39 is 5.38 Å². The SMILES string of the molecule is COc1ccccc1C=C1CCC(c2cccs2)C(Cl)C1=O. The summed E-state index contributed by atoms with van der Waals surface area (Å²) >= 11 is 8.11. The number of methoxy groups -OCH3 is 1. The van der Waals surface area contributed by atoms with Crippen LogP contribution in [0.5, 0.6) is 5.75 Å². The maximum Gasteiger partial charge on any atom is 0.177 e. The lowest BCUT2D eigenvalue weighted by Crippen LogP contribution is -2.29. The predicted molar refractivity (Wildman–Crippen MR) is 91.9 cm³/mol. The van der Waals surface area contributed by atoms with Gasteiger partial charge in [0.1, 0.15) is 11.1 Å². The monoisotopic (exact) mass is 332 g/mol. The number of halogens is 1. The molecule has 0 saturated heterocycles. The van der Waals surface area contributed by atoms with Crippen molar-refractivity contribution in [3.63, 3.8) is 0 Å². The first kappa shape index (κ1) is 15.3. The normalized spacial score (nSPS) is 23.7. The lowest BCUT2D eigenvalue weighted by atomic mass is 9.82. The zero-order valence-electron chi connectivity index (χ0n) is 12.3. The van der Waals surface area contributed by atoms with Gasteiger partial charge >= 0.3 is 0 Å². The summed E-state index contributed by atoms with van der Waals surface area (Å²) < 4.78 is 5.34. The smallest absolute Gasteiger partial charge is 0.177 e. The summed E-state index contributed by atoms with van der Waals surface area (Å²) in [5.41, 5.74) is 1.71. The van der Waals surface area contributed by atoms with E-state index in [1.165, 1.54) is 4.88 Å². The molecule has 22 heavy (non-hydrogen) atoms. The van der Waals surface area contributed by atoms with E-state index in [2.05, 4.69) is 6.07 Å². The number of benzene rings is 1. The minimum Gasteiger partial charge on any atom is -0.496 e. The molecule has 0 radical (unpaired) electrons. The Balaban J connectivity index is 1.86. The lowest BCUT2D eigenvalue weighted by Gasteiger charge is -2.27. The lowest BCUT2D eigenvalue weighted by molar-refractivity contribution is -0.116. The largest absolute Gasteiger partial charge is 0.496 e. The van der Waals surface area contributed by atoms with E-state index in [-0.39, 0.29) is 11.7 Å². The molecule has 1 aliphatic rings. The fourth-order valence-corrected chi connectivity index (χ4v) is 4.22. The topological polar surface area (TPSA) is 26.3 Å². The van der Waals surface area contributed by atoms with Gasteiger partial charge in [0.15, 0.2) is 5.78 Å². The fourth-order valence-electron chi connectivity index (χ4n) is 2.85. The maximum atomic E-state index is 12.6. The summed E-state index contributed by atoms with van der Waals surface area (Å²) in [4.78, 5) is 13.8. The van der Waals surface area contributed by atoms with Crippen molar-refractivity contribution in [1.82, 2.24) is 0 Å². The Morgan fingerprint density at radius 3 is 2.82 bits per heavy atom. The first-order valence-electron chi connectivity index (χ1n) is 7.26. The zero-order valence-corrected chi connectivity index (χ0v) is 13.9. The zero-order chi connectivity index (χ0) is 15.5. The molecular weight excluding hydrogens is 316 g/mol. The van der Waals surface area contributed by atoms with Gasteiger partial charge in [-0.1, -0.05) is 24.3 Å². The molecule has 0 aliphatic heterocycles. The molecule has 0 spiro atoms. The highest BCUT2D eigenvalue weighted by Gasteiger charge is 2.34. The highest BCUT2D eigenvalue weighted by molar-refractivity contribution is 7.10. The number of hydrogen-bond acceptors (Lipinski definition) is 3. The Morgan fingerprint density at radius 2 is 2.09 bits per heavy atom. The molecule has 1 aromatic carbocycles. The molecule has 2 nitrogen and oxygen atoms in total. The summed E-state index contributed by atoms with van der Waals surface area (Å²) in [6.07, 6.45) is 3.57. The van der Waals surface area contributed by atoms with Crippen molar-refractivity contribution < 1.29 is 9.53 Å². The number of hydrogen-bond donors (Lipinski definition) is 0. The number of para-hydroxylation sites is 1. The third-order valence-electron chi connectivity index (χ3n) is 4.02. The van der Waals surface area contributed by atoms with Crippen LogP contribution >= 0.6 is 22.9 Å².